The van der Waals surface area contributed by atoms with Crippen LogP contribution < -0.4 is 10.2 Å². The summed E-state index contributed by atoms with van der Waals surface area (Å²) in [7, 11) is 0. The predicted octanol–water partition coefficient (Wildman–Crippen LogP) is 1.89. The van der Waals surface area contributed by atoms with Crippen LogP contribution in [0, 0.1) is 6.92 Å². The molecule has 1 atom stereocenters. The van der Waals surface area contributed by atoms with E-state index in [1.54, 1.807) is 17.9 Å². The van der Waals surface area contributed by atoms with Crippen LogP contribution >= 0.6 is 11.6 Å². The lowest BCUT2D eigenvalue weighted by Gasteiger charge is -2.22. The van der Waals surface area contributed by atoms with Crippen LogP contribution in [0.25, 0.3) is 0 Å². The fourth-order valence-electron chi connectivity index (χ4n) is 1.94. The van der Waals surface area contributed by atoms with Crippen LogP contribution in [0.1, 0.15) is 18.9 Å². The van der Waals surface area contributed by atoms with E-state index in [4.69, 9.17) is 11.6 Å². The topological polar surface area (TPSA) is 49.4 Å². The summed E-state index contributed by atoms with van der Waals surface area (Å²) in [5.74, 6) is -0.211. The lowest BCUT2D eigenvalue weighted by Crippen LogP contribution is -2.42. The summed E-state index contributed by atoms with van der Waals surface area (Å²) in [6.07, 6.45) is 0.307. The Balaban J connectivity index is 2.33. The number of anilines is 1. The maximum Gasteiger partial charge on any atom is 0.249 e. The van der Waals surface area contributed by atoms with Gasteiger partial charge in [-0.05, 0) is 31.5 Å². The highest BCUT2D eigenvalue weighted by molar-refractivity contribution is 6.31. The Morgan fingerprint density at radius 1 is 1.39 bits per heavy atom. The van der Waals surface area contributed by atoms with Crippen molar-refractivity contribution in [2.75, 3.05) is 11.4 Å². The molecule has 1 aliphatic heterocycles. The first-order chi connectivity index (χ1) is 8.49. The molecule has 1 saturated heterocycles. The molecule has 0 saturated carbocycles. The van der Waals surface area contributed by atoms with E-state index in [-0.39, 0.29) is 11.8 Å². The van der Waals surface area contributed by atoms with E-state index in [1.165, 1.54) is 0 Å². The van der Waals surface area contributed by atoms with Gasteiger partial charge in [0, 0.05) is 23.7 Å². The van der Waals surface area contributed by atoms with Gasteiger partial charge < -0.3 is 10.2 Å². The highest BCUT2D eigenvalue weighted by Crippen LogP contribution is 2.24. The zero-order chi connectivity index (χ0) is 13.3. The van der Waals surface area contributed by atoms with Gasteiger partial charge in [-0.3, -0.25) is 9.59 Å². The Morgan fingerprint density at radius 2 is 2.11 bits per heavy atom. The average Bonchev–Trinajstić information content (AvgIpc) is 2.44. The van der Waals surface area contributed by atoms with Crippen molar-refractivity contribution >= 4 is 29.1 Å². The highest BCUT2D eigenvalue weighted by atomic mass is 35.5. The van der Waals surface area contributed by atoms with Gasteiger partial charge in [0.15, 0.2) is 0 Å². The van der Waals surface area contributed by atoms with Gasteiger partial charge in [-0.2, -0.15) is 0 Å². The molecule has 5 heteroatoms. The molecule has 1 fully saturated rings. The van der Waals surface area contributed by atoms with Gasteiger partial charge in [-0.15, -0.1) is 0 Å². The molecule has 0 bridgehead atoms. The van der Waals surface area contributed by atoms with Crippen molar-refractivity contribution in [3.63, 3.8) is 0 Å². The summed E-state index contributed by atoms with van der Waals surface area (Å²) >= 11 is 6.07. The van der Waals surface area contributed by atoms with E-state index in [9.17, 15) is 9.59 Å². The Kier molecular flexibility index (Phi) is 3.57. The zero-order valence-electron chi connectivity index (χ0n) is 10.4. The summed E-state index contributed by atoms with van der Waals surface area (Å²) in [6, 6.07) is 4.98. The van der Waals surface area contributed by atoms with Crippen molar-refractivity contribution in [2.45, 2.75) is 26.3 Å². The quantitative estimate of drug-likeness (QED) is 0.844. The minimum atomic E-state index is -0.500. The van der Waals surface area contributed by atoms with Crippen LogP contribution in [0.2, 0.25) is 5.02 Å². The minimum Gasteiger partial charge on any atom is -0.345 e. The summed E-state index contributed by atoms with van der Waals surface area (Å²) in [5.41, 5.74) is 1.70. The SMILES string of the molecule is Cc1ccc(N2CCC(=O)NC(C)C2=O)cc1Cl. The molecule has 2 amide bonds. The molecule has 0 spiro atoms. The normalized spacial score (nSPS) is 20.6. The second kappa shape index (κ2) is 4.98. The second-order valence-corrected chi connectivity index (χ2v) is 4.87. The summed E-state index contributed by atoms with van der Waals surface area (Å²) in [6.45, 7) is 3.98. The molecule has 1 aliphatic rings. The van der Waals surface area contributed by atoms with E-state index >= 15 is 0 Å². The van der Waals surface area contributed by atoms with Crippen LogP contribution in [0.15, 0.2) is 18.2 Å². The Hall–Kier alpha value is -1.55. The second-order valence-electron chi connectivity index (χ2n) is 4.46. The number of benzene rings is 1. The maximum absolute atomic E-state index is 12.2. The van der Waals surface area contributed by atoms with Gasteiger partial charge in [0.25, 0.3) is 0 Å². The largest absolute Gasteiger partial charge is 0.345 e. The first kappa shape index (κ1) is 12.9. The number of rotatable bonds is 1. The van der Waals surface area contributed by atoms with Crippen molar-refractivity contribution in [3.8, 4) is 0 Å². The number of halogens is 1. The smallest absolute Gasteiger partial charge is 0.249 e. The van der Waals surface area contributed by atoms with Crippen molar-refractivity contribution in [1.29, 1.82) is 0 Å². The zero-order valence-corrected chi connectivity index (χ0v) is 11.1. The van der Waals surface area contributed by atoms with Gasteiger partial charge in [-0.25, -0.2) is 0 Å². The van der Waals surface area contributed by atoms with Crippen molar-refractivity contribution < 1.29 is 9.59 Å². The number of carbonyl (C=O) groups is 2. The standard InChI is InChI=1S/C13H15ClN2O2/c1-8-3-4-10(7-11(8)14)16-6-5-12(17)15-9(2)13(16)18/h3-4,7,9H,5-6H2,1-2H3,(H,15,17). The summed E-state index contributed by atoms with van der Waals surface area (Å²) in [4.78, 5) is 25.2. The van der Waals surface area contributed by atoms with E-state index < -0.39 is 6.04 Å². The number of nitrogens with one attached hydrogen (secondary N) is 1. The van der Waals surface area contributed by atoms with Crippen LogP contribution in [-0.2, 0) is 9.59 Å². The number of hydrogen-bond acceptors (Lipinski definition) is 2. The molecule has 1 aromatic rings. The molecular formula is C13H15ClN2O2. The monoisotopic (exact) mass is 266 g/mol. The maximum atomic E-state index is 12.2. The number of hydrogen-bond donors (Lipinski definition) is 1. The lowest BCUT2D eigenvalue weighted by molar-refractivity contribution is -0.125. The average molecular weight is 267 g/mol. The fraction of sp³-hybridized carbons (Fsp3) is 0.385. The molecule has 96 valence electrons. The molecule has 1 unspecified atom stereocenters. The molecular weight excluding hydrogens is 252 g/mol. The van der Waals surface area contributed by atoms with Crippen LogP contribution in [0.5, 0.6) is 0 Å². The number of carbonyl (C=O) groups excluding carboxylic acids is 2. The Labute approximate surface area is 111 Å². The Bertz CT molecular complexity index is 502. The van der Waals surface area contributed by atoms with Gasteiger partial charge in [-0.1, -0.05) is 17.7 Å². The molecule has 1 heterocycles. The predicted molar refractivity (Wildman–Crippen MR) is 70.8 cm³/mol. The van der Waals surface area contributed by atoms with Crippen LogP contribution in [0.4, 0.5) is 5.69 Å². The van der Waals surface area contributed by atoms with Gasteiger partial charge in [0.1, 0.15) is 6.04 Å². The van der Waals surface area contributed by atoms with Crippen molar-refractivity contribution in [1.82, 2.24) is 5.32 Å². The number of aryl methyl sites for hydroxylation is 1. The first-order valence-electron chi connectivity index (χ1n) is 5.86. The van der Waals surface area contributed by atoms with E-state index in [1.807, 2.05) is 19.1 Å². The molecule has 1 aromatic carbocycles. The molecule has 1 N–H and O–H groups in total. The van der Waals surface area contributed by atoms with Crippen LogP contribution in [0.3, 0.4) is 0 Å². The summed E-state index contributed by atoms with van der Waals surface area (Å²) in [5, 5.41) is 3.28. The minimum absolute atomic E-state index is 0.100. The van der Waals surface area contributed by atoms with E-state index in [0.29, 0.717) is 18.0 Å². The molecule has 2 rings (SSSR count). The molecule has 4 nitrogen and oxygen atoms in total. The fourth-order valence-corrected chi connectivity index (χ4v) is 2.11. The molecule has 18 heavy (non-hydrogen) atoms. The third-order valence-electron chi connectivity index (χ3n) is 3.04. The number of amides is 2. The van der Waals surface area contributed by atoms with E-state index in [2.05, 4.69) is 5.32 Å². The Morgan fingerprint density at radius 3 is 2.78 bits per heavy atom. The molecule has 0 aliphatic carbocycles. The van der Waals surface area contributed by atoms with Crippen molar-refractivity contribution in [2.24, 2.45) is 0 Å². The van der Waals surface area contributed by atoms with Crippen molar-refractivity contribution in [3.05, 3.63) is 28.8 Å². The highest BCUT2D eigenvalue weighted by Gasteiger charge is 2.27. The third-order valence-corrected chi connectivity index (χ3v) is 3.45. The van der Waals surface area contributed by atoms with Gasteiger partial charge >= 0.3 is 0 Å². The summed E-state index contributed by atoms with van der Waals surface area (Å²) < 4.78 is 0. The van der Waals surface area contributed by atoms with Crippen LogP contribution in [-0.4, -0.2) is 24.4 Å². The van der Waals surface area contributed by atoms with Gasteiger partial charge in [0.05, 0.1) is 0 Å². The third kappa shape index (κ3) is 2.48. The van der Waals surface area contributed by atoms with Gasteiger partial charge in [0.2, 0.25) is 11.8 Å². The lowest BCUT2D eigenvalue weighted by atomic mass is 10.2. The number of nitrogens with zero attached hydrogens (tertiary/aromatic N) is 1. The van der Waals surface area contributed by atoms with E-state index in [0.717, 1.165) is 11.3 Å². The molecule has 0 aromatic heterocycles. The first-order valence-corrected chi connectivity index (χ1v) is 6.23. The molecule has 0 radical (unpaired) electrons.